The molecule has 0 saturated carbocycles. The number of allylic oxidation sites excluding steroid dienone is 20. The van der Waals surface area contributed by atoms with E-state index in [1.54, 1.807) is 0 Å². The van der Waals surface area contributed by atoms with E-state index in [1.807, 2.05) is 0 Å². The first kappa shape index (κ1) is 77.8. The SMILES string of the molecule is CC/C=C\C/C=C\C/C=C\C/C=C\C/C=C\C/C=C\CCCCCCCCCCCCC(=O)OCC(COC(=O)CCCCCCCCC/C=C\C/C=C\CCCCC)OC(=O)CCCCCCCCC/C=C\C/C=C\CCCCCC. The average Bonchev–Trinajstić information content (AvgIpc) is 3.47. The van der Waals surface area contributed by atoms with Crippen LogP contribution in [-0.2, 0) is 28.6 Å². The molecule has 0 saturated heterocycles. The molecule has 6 nitrogen and oxygen atoms in total. The summed E-state index contributed by atoms with van der Waals surface area (Å²) in [6, 6.07) is 0. The Morgan fingerprint density at radius 3 is 0.768 bits per heavy atom. The van der Waals surface area contributed by atoms with Crippen molar-refractivity contribution in [2.24, 2.45) is 0 Å². The van der Waals surface area contributed by atoms with Crippen LogP contribution in [-0.4, -0.2) is 37.2 Å². The van der Waals surface area contributed by atoms with Gasteiger partial charge in [-0.1, -0.05) is 290 Å². The Hall–Kier alpha value is -4.19. The Morgan fingerprint density at radius 1 is 0.256 bits per heavy atom. The Morgan fingerprint density at radius 2 is 0.476 bits per heavy atom. The van der Waals surface area contributed by atoms with Gasteiger partial charge in [0.15, 0.2) is 6.10 Å². The third kappa shape index (κ3) is 66.6. The molecule has 0 bridgehead atoms. The predicted octanol–water partition coefficient (Wildman–Crippen LogP) is 23.9. The lowest BCUT2D eigenvalue weighted by Crippen LogP contribution is -2.30. The van der Waals surface area contributed by atoms with Gasteiger partial charge in [-0.05, 0) is 135 Å². The molecule has 1 atom stereocenters. The minimum atomic E-state index is -0.792. The number of esters is 3. The van der Waals surface area contributed by atoms with E-state index in [9.17, 15) is 14.4 Å². The quantitative estimate of drug-likeness (QED) is 0.0261. The molecule has 0 fully saturated rings. The van der Waals surface area contributed by atoms with Crippen LogP contribution in [0.1, 0.15) is 323 Å². The van der Waals surface area contributed by atoms with Gasteiger partial charge in [0.25, 0.3) is 0 Å². The molecular weight excluding hydrogens is 1010 g/mol. The molecule has 0 rings (SSSR count). The molecule has 6 heteroatoms. The summed E-state index contributed by atoms with van der Waals surface area (Å²) in [5.74, 6) is -0.897. The highest BCUT2D eigenvalue weighted by Crippen LogP contribution is 2.16. The molecule has 0 aliphatic heterocycles. The van der Waals surface area contributed by atoms with Crippen molar-refractivity contribution in [3.05, 3.63) is 122 Å². The highest BCUT2D eigenvalue weighted by atomic mass is 16.6. The molecule has 1 unspecified atom stereocenters. The first-order valence-corrected chi connectivity index (χ1v) is 34.5. The molecule has 0 amide bonds. The first-order chi connectivity index (χ1) is 40.5. The van der Waals surface area contributed by atoms with E-state index < -0.39 is 6.10 Å². The summed E-state index contributed by atoms with van der Waals surface area (Å²) in [5.41, 5.74) is 0. The Balaban J connectivity index is 4.36. The molecule has 468 valence electrons. The summed E-state index contributed by atoms with van der Waals surface area (Å²) >= 11 is 0. The zero-order valence-corrected chi connectivity index (χ0v) is 53.7. The van der Waals surface area contributed by atoms with Crippen molar-refractivity contribution in [2.45, 2.75) is 329 Å². The summed E-state index contributed by atoms with van der Waals surface area (Å²) in [7, 11) is 0. The molecule has 0 aromatic heterocycles. The third-order valence-electron chi connectivity index (χ3n) is 14.7. The number of unbranched alkanes of at least 4 members (excludes halogenated alkanes) is 31. The van der Waals surface area contributed by atoms with Crippen molar-refractivity contribution in [3.63, 3.8) is 0 Å². The van der Waals surface area contributed by atoms with E-state index in [-0.39, 0.29) is 31.1 Å². The zero-order chi connectivity index (χ0) is 59.2. The van der Waals surface area contributed by atoms with E-state index in [0.717, 1.165) is 122 Å². The van der Waals surface area contributed by atoms with Gasteiger partial charge in [-0.15, -0.1) is 0 Å². The van der Waals surface area contributed by atoms with Crippen LogP contribution >= 0.6 is 0 Å². The van der Waals surface area contributed by atoms with E-state index in [1.165, 1.54) is 161 Å². The summed E-state index contributed by atoms with van der Waals surface area (Å²) in [4.78, 5) is 38.4. The second-order valence-corrected chi connectivity index (χ2v) is 22.7. The minimum absolute atomic E-state index is 0.0871. The molecule has 0 aliphatic carbocycles. The fraction of sp³-hybridized carbons (Fsp3) is 0.697. The standard InChI is InChI=1S/C76H128O6/c1-4-7-10-13-16-19-22-25-28-31-33-34-35-36-37-38-39-40-41-42-43-46-48-51-54-57-60-63-66-69-75(78)81-72-73(71-80-74(77)68-65-62-59-56-53-50-47-44-30-27-24-21-18-15-12-9-6-3)82-76(79)70-67-64-61-58-55-52-49-45-32-29-26-23-20-17-14-11-8-5-2/h7,10,16,18-21,23,25,27-30,32-34,36-37,39-40,73H,4-6,8-9,11-15,17,22,24,26,31,35,38,41-72H2,1-3H3/b10-7-,19-16-,21-18-,23-20-,28-25-,30-27-,32-29-,34-33-,37-36-,40-39-. The fourth-order valence-electron chi connectivity index (χ4n) is 9.51. The van der Waals surface area contributed by atoms with Gasteiger partial charge in [0.05, 0.1) is 0 Å². The Labute approximate surface area is 507 Å². The van der Waals surface area contributed by atoms with Gasteiger partial charge in [0.1, 0.15) is 13.2 Å². The lowest BCUT2D eigenvalue weighted by atomic mass is 10.1. The van der Waals surface area contributed by atoms with Gasteiger partial charge in [0, 0.05) is 19.3 Å². The highest BCUT2D eigenvalue weighted by Gasteiger charge is 2.19. The van der Waals surface area contributed by atoms with Crippen LogP contribution in [0.5, 0.6) is 0 Å². The smallest absolute Gasteiger partial charge is 0.306 e. The topological polar surface area (TPSA) is 78.9 Å². The van der Waals surface area contributed by atoms with E-state index in [0.29, 0.717) is 19.3 Å². The number of rotatable bonds is 62. The lowest BCUT2D eigenvalue weighted by Gasteiger charge is -2.18. The molecule has 82 heavy (non-hydrogen) atoms. The summed E-state index contributed by atoms with van der Waals surface area (Å²) in [6.45, 7) is 6.49. The third-order valence-corrected chi connectivity index (χ3v) is 14.7. The predicted molar refractivity (Wildman–Crippen MR) is 357 cm³/mol. The van der Waals surface area contributed by atoms with Gasteiger partial charge in [-0.3, -0.25) is 14.4 Å². The Kier molecular flexibility index (Phi) is 65.8. The van der Waals surface area contributed by atoms with Crippen molar-refractivity contribution < 1.29 is 28.6 Å². The van der Waals surface area contributed by atoms with E-state index in [2.05, 4.69) is 142 Å². The molecule has 0 spiro atoms. The average molecular weight is 1140 g/mol. The largest absolute Gasteiger partial charge is 0.462 e. The van der Waals surface area contributed by atoms with Crippen LogP contribution in [0.15, 0.2) is 122 Å². The van der Waals surface area contributed by atoms with Crippen LogP contribution in [0.2, 0.25) is 0 Å². The van der Waals surface area contributed by atoms with Crippen molar-refractivity contribution >= 4 is 17.9 Å². The minimum Gasteiger partial charge on any atom is -0.462 e. The van der Waals surface area contributed by atoms with Crippen LogP contribution in [0.4, 0.5) is 0 Å². The maximum absolute atomic E-state index is 12.9. The summed E-state index contributed by atoms with van der Waals surface area (Å²) in [6.07, 6.45) is 96.3. The number of carbonyl (C=O) groups excluding carboxylic acids is 3. The van der Waals surface area contributed by atoms with E-state index in [4.69, 9.17) is 14.2 Å². The monoisotopic (exact) mass is 1140 g/mol. The second-order valence-electron chi connectivity index (χ2n) is 22.7. The molecule has 0 aliphatic rings. The number of hydrogen-bond acceptors (Lipinski definition) is 6. The van der Waals surface area contributed by atoms with Crippen LogP contribution in [0.3, 0.4) is 0 Å². The van der Waals surface area contributed by atoms with Crippen LogP contribution in [0.25, 0.3) is 0 Å². The van der Waals surface area contributed by atoms with Gasteiger partial charge >= 0.3 is 17.9 Å². The number of carbonyl (C=O) groups is 3. The highest BCUT2D eigenvalue weighted by molar-refractivity contribution is 5.71. The van der Waals surface area contributed by atoms with Gasteiger partial charge in [-0.2, -0.15) is 0 Å². The molecule has 0 N–H and O–H groups in total. The number of ether oxygens (including phenoxy) is 3. The molecule has 0 radical (unpaired) electrons. The molecule has 0 aromatic carbocycles. The van der Waals surface area contributed by atoms with Gasteiger partial charge in [-0.25, -0.2) is 0 Å². The molecule has 0 heterocycles. The summed E-state index contributed by atoms with van der Waals surface area (Å²) in [5, 5.41) is 0. The fourth-order valence-corrected chi connectivity index (χ4v) is 9.51. The van der Waals surface area contributed by atoms with Crippen LogP contribution < -0.4 is 0 Å². The lowest BCUT2D eigenvalue weighted by molar-refractivity contribution is -0.167. The maximum atomic E-state index is 12.9. The van der Waals surface area contributed by atoms with Crippen molar-refractivity contribution in [1.82, 2.24) is 0 Å². The van der Waals surface area contributed by atoms with Crippen LogP contribution in [0, 0.1) is 0 Å². The Bertz CT molecular complexity index is 1690. The second kappa shape index (κ2) is 69.3. The van der Waals surface area contributed by atoms with Crippen molar-refractivity contribution in [3.8, 4) is 0 Å². The zero-order valence-electron chi connectivity index (χ0n) is 53.7. The van der Waals surface area contributed by atoms with E-state index >= 15 is 0 Å². The molecular formula is C76H128O6. The summed E-state index contributed by atoms with van der Waals surface area (Å²) < 4.78 is 17.0. The molecule has 0 aromatic rings. The van der Waals surface area contributed by atoms with Crippen molar-refractivity contribution in [1.29, 1.82) is 0 Å². The van der Waals surface area contributed by atoms with Gasteiger partial charge < -0.3 is 14.2 Å². The normalized spacial score (nSPS) is 12.9. The maximum Gasteiger partial charge on any atom is 0.306 e. The first-order valence-electron chi connectivity index (χ1n) is 34.5. The van der Waals surface area contributed by atoms with Gasteiger partial charge in [0.2, 0.25) is 0 Å². The number of hydrogen-bond donors (Lipinski definition) is 0. The van der Waals surface area contributed by atoms with Crippen molar-refractivity contribution in [2.75, 3.05) is 13.2 Å².